The topological polar surface area (TPSA) is 64.4 Å². The van der Waals surface area contributed by atoms with Gasteiger partial charge in [0.2, 0.25) is 0 Å². The van der Waals surface area contributed by atoms with Crippen molar-refractivity contribution in [2.45, 2.75) is 32.5 Å². The lowest BCUT2D eigenvalue weighted by Crippen LogP contribution is -2.20. The lowest BCUT2D eigenvalue weighted by Gasteiger charge is -2.17. The normalized spacial score (nSPS) is 12.2. The van der Waals surface area contributed by atoms with E-state index in [1.165, 1.54) is 18.2 Å². The smallest absolute Gasteiger partial charge is 0.387 e. The Balaban J connectivity index is 2.00. The Hall–Kier alpha value is -2.54. The summed E-state index contributed by atoms with van der Waals surface area (Å²) in [6, 6.07) is 12.8. The van der Waals surface area contributed by atoms with Gasteiger partial charge in [0, 0.05) is 24.7 Å². The van der Waals surface area contributed by atoms with Crippen molar-refractivity contribution < 1.29 is 18.4 Å². The zero-order valence-corrected chi connectivity index (χ0v) is 13.1. The molecule has 0 radical (unpaired) electrons. The fourth-order valence-electron chi connectivity index (χ4n) is 2.38. The third-order valence-corrected chi connectivity index (χ3v) is 3.59. The van der Waals surface area contributed by atoms with Crippen molar-refractivity contribution in [1.82, 2.24) is 5.32 Å². The first-order chi connectivity index (χ1) is 11.5. The van der Waals surface area contributed by atoms with E-state index in [9.17, 15) is 18.9 Å². The first kappa shape index (κ1) is 17.8. The molecule has 0 amide bonds. The van der Waals surface area contributed by atoms with Gasteiger partial charge in [0.15, 0.2) is 0 Å². The van der Waals surface area contributed by atoms with Crippen molar-refractivity contribution in [3.63, 3.8) is 0 Å². The molecular formula is C17H18F2N2O3. The number of ether oxygens (including phenoxy) is 1. The number of nitro groups is 1. The molecule has 0 saturated carbocycles. The molecule has 0 aliphatic heterocycles. The largest absolute Gasteiger partial charge is 0.435 e. The van der Waals surface area contributed by atoms with Gasteiger partial charge in [-0.3, -0.25) is 10.1 Å². The van der Waals surface area contributed by atoms with Crippen LogP contribution >= 0.6 is 0 Å². The highest BCUT2D eigenvalue weighted by molar-refractivity contribution is 5.36. The van der Waals surface area contributed by atoms with E-state index in [2.05, 4.69) is 10.1 Å². The van der Waals surface area contributed by atoms with Crippen molar-refractivity contribution in [2.24, 2.45) is 0 Å². The van der Waals surface area contributed by atoms with E-state index >= 15 is 0 Å². The average molecular weight is 336 g/mol. The number of non-ortho nitro benzene ring substituents is 1. The molecule has 0 aliphatic rings. The molecule has 0 fully saturated rings. The van der Waals surface area contributed by atoms with Crippen LogP contribution in [-0.2, 0) is 6.54 Å². The van der Waals surface area contributed by atoms with Gasteiger partial charge in [-0.05, 0) is 29.7 Å². The molecule has 5 nitrogen and oxygen atoms in total. The average Bonchev–Trinajstić information content (AvgIpc) is 2.56. The Morgan fingerprint density at radius 3 is 2.50 bits per heavy atom. The van der Waals surface area contributed by atoms with Gasteiger partial charge < -0.3 is 10.1 Å². The molecular weight excluding hydrogens is 318 g/mol. The summed E-state index contributed by atoms with van der Waals surface area (Å²) in [5.74, 6) is 0.111. The zero-order valence-electron chi connectivity index (χ0n) is 13.1. The number of hydrogen-bond acceptors (Lipinski definition) is 4. The summed E-state index contributed by atoms with van der Waals surface area (Å²) in [5.41, 5.74) is 1.80. The molecule has 0 aromatic heterocycles. The van der Waals surface area contributed by atoms with Gasteiger partial charge in [0.25, 0.3) is 5.69 Å². The molecule has 0 spiro atoms. The molecule has 7 heteroatoms. The molecule has 2 rings (SSSR count). The summed E-state index contributed by atoms with van der Waals surface area (Å²) < 4.78 is 28.5. The number of nitro benzene ring substituents is 1. The lowest BCUT2D eigenvalue weighted by atomic mass is 10.0. The third-order valence-electron chi connectivity index (χ3n) is 3.59. The SMILES string of the molecule is CCC(NCc1ccc(OC(F)F)cc1)c1cccc([N+](=O)[O-])c1. The molecule has 1 atom stereocenters. The van der Waals surface area contributed by atoms with Crippen LogP contribution in [-0.4, -0.2) is 11.5 Å². The van der Waals surface area contributed by atoms with Gasteiger partial charge in [-0.15, -0.1) is 0 Å². The van der Waals surface area contributed by atoms with Gasteiger partial charge >= 0.3 is 6.61 Å². The first-order valence-electron chi connectivity index (χ1n) is 7.51. The van der Waals surface area contributed by atoms with Crippen LogP contribution < -0.4 is 10.1 Å². The van der Waals surface area contributed by atoms with E-state index in [4.69, 9.17) is 0 Å². The van der Waals surface area contributed by atoms with E-state index in [-0.39, 0.29) is 17.5 Å². The first-order valence-corrected chi connectivity index (χ1v) is 7.51. The minimum Gasteiger partial charge on any atom is -0.435 e. The Labute approximate surface area is 138 Å². The summed E-state index contributed by atoms with van der Waals surface area (Å²) in [7, 11) is 0. The summed E-state index contributed by atoms with van der Waals surface area (Å²) in [5, 5.41) is 14.2. The molecule has 0 bridgehead atoms. The molecule has 24 heavy (non-hydrogen) atoms. The van der Waals surface area contributed by atoms with Crippen LogP contribution in [0.5, 0.6) is 5.75 Å². The molecule has 1 N–H and O–H groups in total. The summed E-state index contributed by atoms with van der Waals surface area (Å²) in [6.07, 6.45) is 0.758. The maximum absolute atomic E-state index is 12.1. The van der Waals surface area contributed by atoms with Crippen LogP contribution in [0, 0.1) is 10.1 Å². The molecule has 0 aliphatic carbocycles. The fraction of sp³-hybridized carbons (Fsp3) is 0.294. The second-order valence-corrected chi connectivity index (χ2v) is 5.22. The number of nitrogens with zero attached hydrogens (tertiary/aromatic N) is 1. The minimum absolute atomic E-state index is 0.0399. The summed E-state index contributed by atoms with van der Waals surface area (Å²) >= 11 is 0. The van der Waals surface area contributed by atoms with Crippen LogP contribution in [0.15, 0.2) is 48.5 Å². The van der Waals surface area contributed by atoms with Crippen molar-refractivity contribution >= 4 is 5.69 Å². The van der Waals surface area contributed by atoms with Crippen LogP contribution in [0.3, 0.4) is 0 Å². The number of hydrogen-bond donors (Lipinski definition) is 1. The number of halogens is 2. The Morgan fingerprint density at radius 1 is 1.21 bits per heavy atom. The number of alkyl halides is 2. The number of benzene rings is 2. The second-order valence-electron chi connectivity index (χ2n) is 5.22. The van der Waals surface area contributed by atoms with Crippen LogP contribution in [0.2, 0.25) is 0 Å². The molecule has 128 valence electrons. The second kappa shape index (κ2) is 8.35. The molecule has 2 aromatic rings. The predicted octanol–water partition coefficient (Wildman–Crippen LogP) is 4.44. The molecule has 1 unspecified atom stereocenters. The third kappa shape index (κ3) is 4.99. The van der Waals surface area contributed by atoms with Crippen LogP contribution in [0.1, 0.15) is 30.5 Å². The summed E-state index contributed by atoms with van der Waals surface area (Å²) in [4.78, 5) is 10.5. The molecule has 0 heterocycles. The van der Waals surface area contributed by atoms with E-state index < -0.39 is 11.5 Å². The lowest BCUT2D eigenvalue weighted by molar-refractivity contribution is -0.384. The Kier molecular flexibility index (Phi) is 6.20. The Morgan fingerprint density at radius 2 is 1.92 bits per heavy atom. The van der Waals surface area contributed by atoms with E-state index in [0.29, 0.717) is 6.54 Å². The van der Waals surface area contributed by atoms with Gasteiger partial charge in [0.1, 0.15) is 5.75 Å². The van der Waals surface area contributed by atoms with Gasteiger partial charge in [-0.25, -0.2) is 0 Å². The van der Waals surface area contributed by atoms with Crippen molar-refractivity contribution in [1.29, 1.82) is 0 Å². The van der Waals surface area contributed by atoms with Crippen molar-refractivity contribution in [3.8, 4) is 5.75 Å². The molecule has 2 aromatic carbocycles. The summed E-state index contributed by atoms with van der Waals surface area (Å²) in [6.45, 7) is -0.348. The zero-order chi connectivity index (χ0) is 17.5. The number of nitrogens with one attached hydrogen (secondary N) is 1. The van der Waals surface area contributed by atoms with E-state index in [0.717, 1.165) is 17.5 Å². The van der Waals surface area contributed by atoms with E-state index in [1.807, 2.05) is 13.0 Å². The number of rotatable bonds is 8. The Bertz CT molecular complexity index is 678. The van der Waals surface area contributed by atoms with Gasteiger partial charge in [-0.1, -0.05) is 31.2 Å². The quantitative estimate of drug-likeness (QED) is 0.572. The molecule has 0 saturated heterocycles. The highest BCUT2D eigenvalue weighted by Crippen LogP contribution is 2.22. The fourth-order valence-corrected chi connectivity index (χ4v) is 2.38. The predicted molar refractivity (Wildman–Crippen MR) is 86.0 cm³/mol. The van der Waals surface area contributed by atoms with Gasteiger partial charge in [-0.2, -0.15) is 8.78 Å². The van der Waals surface area contributed by atoms with Gasteiger partial charge in [0.05, 0.1) is 4.92 Å². The van der Waals surface area contributed by atoms with E-state index in [1.54, 1.807) is 24.3 Å². The van der Waals surface area contributed by atoms with Crippen LogP contribution in [0.25, 0.3) is 0 Å². The maximum Gasteiger partial charge on any atom is 0.387 e. The van der Waals surface area contributed by atoms with Crippen molar-refractivity contribution in [2.75, 3.05) is 0 Å². The monoisotopic (exact) mass is 336 g/mol. The minimum atomic E-state index is -2.84. The maximum atomic E-state index is 12.1. The van der Waals surface area contributed by atoms with Crippen LogP contribution in [0.4, 0.5) is 14.5 Å². The van der Waals surface area contributed by atoms with Crippen molar-refractivity contribution in [3.05, 3.63) is 69.8 Å². The highest BCUT2D eigenvalue weighted by atomic mass is 19.3. The highest BCUT2D eigenvalue weighted by Gasteiger charge is 2.13. The standard InChI is InChI=1S/C17H18F2N2O3/c1-2-16(13-4-3-5-14(10-13)21(22)23)20-11-12-6-8-15(9-7-12)24-17(18)19/h3-10,16-17,20H,2,11H2,1H3.